The van der Waals surface area contributed by atoms with Crippen LogP contribution in [0.2, 0.25) is 0 Å². The van der Waals surface area contributed by atoms with Gasteiger partial charge in [0, 0.05) is 17.9 Å². The van der Waals surface area contributed by atoms with Crippen molar-refractivity contribution >= 4 is 15.7 Å². The van der Waals surface area contributed by atoms with E-state index in [2.05, 4.69) is 10.2 Å². The van der Waals surface area contributed by atoms with Gasteiger partial charge in [0.05, 0.1) is 10.6 Å². The van der Waals surface area contributed by atoms with Crippen molar-refractivity contribution in [2.45, 2.75) is 11.8 Å². The Morgan fingerprint density at radius 3 is 2.53 bits per heavy atom. The molecule has 2 rings (SSSR count). The number of anilines is 1. The average molecular weight is 251 g/mol. The Morgan fingerprint density at radius 1 is 1.29 bits per heavy atom. The van der Waals surface area contributed by atoms with Crippen LogP contribution in [0, 0.1) is 6.92 Å². The molecule has 0 atom stereocenters. The van der Waals surface area contributed by atoms with Gasteiger partial charge in [0.2, 0.25) is 0 Å². The number of H-pyrrole nitrogens is 1. The number of nitrogens with one attached hydrogen (secondary N) is 1. The van der Waals surface area contributed by atoms with Gasteiger partial charge >= 0.3 is 0 Å². The first-order chi connectivity index (χ1) is 7.88. The number of aryl methyl sites for hydroxylation is 1. The number of nitrogen functional groups attached to an aromatic ring is 1. The summed E-state index contributed by atoms with van der Waals surface area (Å²) in [6.45, 7) is 1.90. The predicted molar refractivity (Wildman–Crippen MR) is 66.3 cm³/mol. The quantitative estimate of drug-likeness (QED) is 0.843. The summed E-state index contributed by atoms with van der Waals surface area (Å²) in [7, 11) is -3.28. The van der Waals surface area contributed by atoms with Crippen LogP contribution >= 0.6 is 0 Å². The minimum Gasteiger partial charge on any atom is -0.382 e. The van der Waals surface area contributed by atoms with E-state index in [1.165, 1.54) is 6.26 Å². The average Bonchev–Trinajstić information content (AvgIpc) is 2.62. The molecule has 0 bridgehead atoms. The molecule has 0 aliphatic heterocycles. The van der Waals surface area contributed by atoms with E-state index in [0.29, 0.717) is 17.1 Å². The van der Waals surface area contributed by atoms with Crippen molar-refractivity contribution in [3.05, 3.63) is 29.8 Å². The van der Waals surface area contributed by atoms with E-state index in [9.17, 15) is 8.42 Å². The molecule has 6 heteroatoms. The number of hydrogen-bond donors (Lipinski definition) is 2. The van der Waals surface area contributed by atoms with E-state index in [0.717, 1.165) is 5.56 Å². The summed E-state index contributed by atoms with van der Waals surface area (Å²) in [5, 5.41) is 6.53. The Morgan fingerprint density at radius 2 is 2.00 bits per heavy atom. The molecule has 1 aromatic carbocycles. The molecular weight excluding hydrogens is 238 g/mol. The second kappa shape index (κ2) is 3.89. The molecule has 0 fully saturated rings. The highest BCUT2D eigenvalue weighted by atomic mass is 32.2. The topological polar surface area (TPSA) is 88.8 Å². The molecule has 3 N–H and O–H groups in total. The third kappa shape index (κ3) is 2.31. The van der Waals surface area contributed by atoms with Crippen molar-refractivity contribution in [1.82, 2.24) is 10.2 Å². The number of hydrogen-bond acceptors (Lipinski definition) is 4. The van der Waals surface area contributed by atoms with Gasteiger partial charge in [-0.05, 0) is 19.1 Å². The number of aromatic amines is 1. The second-order valence-electron chi connectivity index (χ2n) is 3.98. The summed E-state index contributed by atoms with van der Waals surface area (Å²) < 4.78 is 23.4. The molecule has 17 heavy (non-hydrogen) atoms. The smallest absolute Gasteiger partial charge is 0.176 e. The molecule has 0 aliphatic carbocycles. The molecule has 0 aliphatic rings. The maximum Gasteiger partial charge on any atom is 0.176 e. The minimum absolute atomic E-state index is 0.270. The number of benzene rings is 1. The Kier molecular flexibility index (Phi) is 2.66. The van der Waals surface area contributed by atoms with E-state index < -0.39 is 9.84 Å². The summed E-state index contributed by atoms with van der Waals surface area (Å²) in [5.41, 5.74) is 7.69. The standard InChI is InChI=1S/C11H13N3O2S/c1-7-3-4-10(17(2,15)16)8(5-7)9-6-11(12)14-13-9/h3-6H,1-2H3,(H3,12,13,14). The van der Waals surface area contributed by atoms with Crippen LogP contribution in [0.4, 0.5) is 5.82 Å². The molecule has 1 heterocycles. The van der Waals surface area contributed by atoms with Gasteiger partial charge in [-0.1, -0.05) is 11.6 Å². The van der Waals surface area contributed by atoms with E-state index >= 15 is 0 Å². The van der Waals surface area contributed by atoms with Crippen molar-refractivity contribution in [2.24, 2.45) is 0 Å². The van der Waals surface area contributed by atoms with Gasteiger partial charge in [0.1, 0.15) is 5.82 Å². The zero-order valence-electron chi connectivity index (χ0n) is 9.56. The number of aromatic nitrogens is 2. The molecule has 2 aromatic rings. The van der Waals surface area contributed by atoms with Gasteiger partial charge in [-0.2, -0.15) is 5.10 Å². The first-order valence-electron chi connectivity index (χ1n) is 5.00. The molecule has 1 aromatic heterocycles. The monoisotopic (exact) mass is 251 g/mol. The predicted octanol–water partition coefficient (Wildman–Crippen LogP) is 1.37. The van der Waals surface area contributed by atoms with E-state index in [1.54, 1.807) is 24.3 Å². The molecular formula is C11H13N3O2S. The first kappa shape index (κ1) is 11.7. The maximum absolute atomic E-state index is 11.7. The molecule has 5 nitrogen and oxygen atoms in total. The lowest BCUT2D eigenvalue weighted by Crippen LogP contribution is -2.00. The molecule has 0 saturated carbocycles. The van der Waals surface area contributed by atoms with Gasteiger partial charge in [-0.25, -0.2) is 8.42 Å². The lowest BCUT2D eigenvalue weighted by atomic mass is 10.1. The van der Waals surface area contributed by atoms with Crippen molar-refractivity contribution in [3.8, 4) is 11.3 Å². The summed E-state index contributed by atoms with van der Waals surface area (Å²) in [6.07, 6.45) is 1.18. The lowest BCUT2D eigenvalue weighted by Gasteiger charge is -2.06. The van der Waals surface area contributed by atoms with Crippen LogP contribution in [0.3, 0.4) is 0 Å². The van der Waals surface area contributed by atoms with Crippen LogP contribution in [0.25, 0.3) is 11.3 Å². The summed E-state index contributed by atoms with van der Waals surface area (Å²) in [4.78, 5) is 0.270. The van der Waals surface area contributed by atoms with Crippen molar-refractivity contribution in [1.29, 1.82) is 0 Å². The van der Waals surface area contributed by atoms with Crippen molar-refractivity contribution in [2.75, 3.05) is 12.0 Å². The van der Waals surface area contributed by atoms with Gasteiger partial charge in [-0.3, -0.25) is 5.10 Å². The highest BCUT2D eigenvalue weighted by Crippen LogP contribution is 2.27. The van der Waals surface area contributed by atoms with Crippen LogP contribution in [-0.4, -0.2) is 24.9 Å². The van der Waals surface area contributed by atoms with Crippen LogP contribution in [0.5, 0.6) is 0 Å². The first-order valence-corrected chi connectivity index (χ1v) is 6.89. The van der Waals surface area contributed by atoms with E-state index in [4.69, 9.17) is 5.73 Å². The summed E-state index contributed by atoms with van der Waals surface area (Å²) in [5.74, 6) is 0.334. The largest absolute Gasteiger partial charge is 0.382 e. The normalized spacial score (nSPS) is 11.6. The fourth-order valence-electron chi connectivity index (χ4n) is 1.65. The van der Waals surface area contributed by atoms with Crippen molar-refractivity contribution in [3.63, 3.8) is 0 Å². The fourth-order valence-corrected chi connectivity index (χ4v) is 2.54. The fraction of sp³-hybridized carbons (Fsp3) is 0.182. The van der Waals surface area contributed by atoms with E-state index in [1.807, 2.05) is 6.92 Å². The summed E-state index contributed by atoms with van der Waals surface area (Å²) >= 11 is 0. The van der Waals surface area contributed by atoms with Gasteiger partial charge < -0.3 is 5.73 Å². The SMILES string of the molecule is Cc1ccc(S(C)(=O)=O)c(-c2cc(N)n[nH]2)c1. The number of rotatable bonds is 2. The van der Waals surface area contributed by atoms with Crippen LogP contribution in [0.1, 0.15) is 5.56 Å². The lowest BCUT2D eigenvalue weighted by molar-refractivity contribution is 0.602. The molecule has 0 radical (unpaired) electrons. The van der Waals surface area contributed by atoms with E-state index in [-0.39, 0.29) is 4.90 Å². The Hall–Kier alpha value is -1.82. The van der Waals surface area contributed by atoms with Crippen LogP contribution < -0.4 is 5.73 Å². The number of nitrogens with zero attached hydrogens (tertiary/aromatic N) is 1. The number of sulfone groups is 1. The highest BCUT2D eigenvalue weighted by molar-refractivity contribution is 7.90. The number of nitrogens with two attached hydrogens (primary N) is 1. The Labute approximate surface area is 99.6 Å². The van der Waals surface area contributed by atoms with Gasteiger partial charge in [-0.15, -0.1) is 0 Å². The molecule has 0 saturated heterocycles. The molecule has 0 amide bonds. The summed E-state index contributed by atoms with van der Waals surface area (Å²) in [6, 6.07) is 6.77. The van der Waals surface area contributed by atoms with Crippen molar-refractivity contribution < 1.29 is 8.42 Å². The molecule has 0 spiro atoms. The minimum atomic E-state index is -3.28. The van der Waals surface area contributed by atoms with Crippen LogP contribution in [-0.2, 0) is 9.84 Å². The van der Waals surface area contributed by atoms with Gasteiger partial charge in [0.25, 0.3) is 0 Å². The van der Waals surface area contributed by atoms with Crippen LogP contribution in [0.15, 0.2) is 29.2 Å². The second-order valence-corrected chi connectivity index (χ2v) is 5.96. The Bertz CT molecular complexity index is 659. The highest BCUT2D eigenvalue weighted by Gasteiger charge is 2.15. The third-order valence-corrected chi connectivity index (χ3v) is 3.58. The third-order valence-electron chi connectivity index (χ3n) is 2.42. The van der Waals surface area contributed by atoms with Gasteiger partial charge in [0.15, 0.2) is 9.84 Å². The zero-order chi connectivity index (χ0) is 12.6. The zero-order valence-corrected chi connectivity index (χ0v) is 10.4. The maximum atomic E-state index is 11.7. The Balaban J connectivity index is 2.71. The molecule has 0 unspecified atom stereocenters. The molecule has 90 valence electrons.